The van der Waals surface area contributed by atoms with E-state index < -0.39 is 20.0 Å². The van der Waals surface area contributed by atoms with Crippen LogP contribution in [0, 0.1) is 0 Å². The van der Waals surface area contributed by atoms with Gasteiger partial charge in [0.1, 0.15) is 13.2 Å². The zero-order valence-corrected chi connectivity index (χ0v) is 53.8. The molecule has 0 saturated carbocycles. The van der Waals surface area contributed by atoms with Gasteiger partial charge in [0, 0.05) is 6.42 Å². The number of phosphoric acid groups is 1. The minimum atomic E-state index is -4.60. The third kappa shape index (κ3) is 62.3. The van der Waals surface area contributed by atoms with Crippen molar-refractivity contribution in [2.45, 2.75) is 360 Å². The Kier molecular flexibility index (Phi) is 59.3. The summed E-state index contributed by atoms with van der Waals surface area (Å²) < 4.78 is 23.4. The Labute approximate surface area is 487 Å². The Bertz CT molecular complexity index is 1360. The Morgan fingerprint density at radius 1 is 0.449 bits per heavy atom. The molecule has 0 spiro atoms. The predicted molar refractivity (Wildman–Crippen MR) is 339 cm³/mol. The van der Waals surface area contributed by atoms with Crippen LogP contribution in [0.15, 0.2) is 36.5 Å². The summed E-state index contributed by atoms with van der Waals surface area (Å²) in [6.45, 7) is 4.68. The minimum Gasteiger partial charge on any atom is -0.756 e. The van der Waals surface area contributed by atoms with Crippen LogP contribution in [0.5, 0.6) is 0 Å². The monoisotopic (exact) mass is 1120 g/mol. The zero-order chi connectivity index (χ0) is 57.0. The number of unbranched alkanes of at least 4 members (excludes halogenated alkanes) is 47. The molecular formula is C69H135N2O6P. The highest BCUT2D eigenvalue weighted by molar-refractivity contribution is 7.45. The van der Waals surface area contributed by atoms with Crippen molar-refractivity contribution in [2.24, 2.45) is 0 Å². The van der Waals surface area contributed by atoms with E-state index in [9.17, 15) is 19.4 Å². The molecule has 0 aliphatic heterocycles. The van der Waals surface area contributed by atoms with Gasteiger partial charge < -0.3 is 28.8 Å². The van der Waals surface area contributed by atoms with E-state index >= 15 is 0 Å². The van der Waals surface area contributed by atoms with Gasteiger partial charge in [-0.2, -0.15) is 0 Å². The number of nitrogens with one attached hydrogen (secondary N) is 1. The normalized spacial score (nSPS) is 13.9. The molecule has 0 radical (unpaired) electrons. The third-order valence-corrected chi connectivity index (χ3v) is 16.8. The molecule has 0 aromatic carbocycles. The van der Waals surface area contributed by atoms with Crippen molar-refractivity contribution in [1.29, 1.82) is 0 Å². The summed E-state index contributed by atoms with van der Waals surface area (Å²) in [4.78, 5) is 25.6. The fraction of sp³-hybridized carbons (Fsp3) is 0.899. The van der Waals surface area contributed by atoms with E-state index in [1.54, 1.807) is 6.08 Å². The van der Waals surface area contributed by atoms with Gasteiger partial charge >= 0.3 is 0 Å². The van der Waals surface area contributed by atoms with E-state index in [1.165, 1.54) is 283 Å². The number of likely N-dealkylation sites (N-methyl/N-ethyl adjacent to an activating group) is 1. The van der Waals surface area contributed by atoms with Crippen molar-refractivity contribution >= 4 is 13.7 Å². The Morgan fingerprint density at radius 3 is 1.06 bits per heavy atom. The highest BCUT2D eigenvalue weighted by Crippen LogP contribution is 2.38. The van der Waals surface area contributed by atoms with Crippen molar-refractivity contribution in [3.05, 3.63) is 36.5 Å². The molecule has 0 bridgehead atoms. The van der Waals surface area contributed by atoms with Gasteiger partial charge in [-0.15, -0.1) is 0 Å². The molecule has 1 amide bonds. The highest BCUT2D eigenvalue weighted by Gasteiger charge is 2.23. The number of aliphatic hydroxyl groups excluding tert-OH is 1. The first-order valence-electron chi connectivity index (χ1n) is 34.4. The van der Waals surface area contributed by atoms with Crippen molar-refractivity contribution in [3.8, 4) is 0 Å². The van der Waals surface area contributed by atoms with Crippen LogP contribution in [0.2, 0.25) is 0 Å². The standard InChI is InChI=1S/C69H135N2O6P/c1-6-8-10-12-14-16-18-20-22-24-25-26-27-28-29-30-31-32-33-34-35-36-37-38-39-40-41-42-43-44-45-47-49-51-53-55-57-59-61-63-69(73)70-67(66-77-78(74,75)76-65-64-71(3,4)5)68(72)62-60-58-56-54-52-50-48-46-23-21-19-17-15-13-11-9-7-2/h18,20,24-25,60,62,67-68,72H,6-17,19,21-23,26-59,61,63-66H2,1-5H3,(H-,70,73,74,75)/b20-18-,25-24-,62-60+. The lowest BCUT2D eigenvalue weighted by atomic mass is 10.0. The van der Waals surface area contributed by atoms with E-state index in [0.717, 1.165) is 44.9 Å². The molecule has 3 atom stereocenters. The van der Waals surface area contributed by atoms with Gasteiger partial charge in [-0.05, 0) is 51.4 Å². The van der Waals surface area contributed by atoms with E-state index in [4.69, 9.17) is 9.05 Å². The molecule has 0 heterocycles. The van der Waals surface area contributed by atoms with Gasteiger partial charge in [0.05, 0.1) is 39.9 Å². The summed E-state index contributed by atoms with van der Waals surface area (Å²) >= 11 is 0. The quantitative estimate of drug-likeness (QED) is 0.0272. The number of nitrogens with zero attached hydrogens (tertiary/aromatic N) is 1. The second kappa shape index (κ2) is 60.3. The summed E-state index contributed by atoms with van der Waals surface area (Å²) in [6.07, 6.45) is 79.9. The van der Waals surface area contributed by atoms with Crippen LogP contribution < -0.4 is 10.2 Å². The number of quaternary nitrogens is 1. The first kappa shape index (κ1) is 76.7. The largest absolute Gasteiger partial charge is 0.756 e. The number of carbonyl (C=O) groups excluding carboxylic acids is 1. The van der Waals surface area contributed by atoms with Crippen LogP contribution in [0.3, 0.4) is 0 Å². The Hall–Kier alpha value is -1.28. The molecule has 2 N–H and O–H groups in total. The third-order valence-electron chi connectivity index (χ3n) is 15.8. The van der Waals surface area contributed by atoms with Gasteiger partial charge in [0.2, 0.25) is 5.91 Å². The second-order valence-corrected chi connectivity index (χ2v) is 26.3. The number of carbonyl (C=O) groups is 1. The van der Waals surface area contributed by atoms with Crippen molar-refractivity contribution in [1.82, 2.24) is 5.32 Å². The maximum atomic E-state index is 13.0. The van der Waals surface area contributed by atoms with Crippen molar-refractivity contribution < 1.29 is 32.9 Å². The van der Waals surface area contributed by atoms with Crippen molar-refractivity contribution in [2.75, 3.05) is 40.9 Å². The predicted octanol–water partition coefficient (Wildman–Crippen LogP) is 21.0. The number of amides is 1. The van der Waals surface area contributed by atoms with E-state index in [1.807, 2.05) is 27.2 Å². The molecule has 9 heteroatoms. The van der Waals surface area contributed by atoms with E-state index in [-0.39, 0.29) is 19.1 Å². The molecule has 0 rings (SSSR count). The lowest BCUT2D eigenvalue weighted by Gasteiger charge is -2.29. The molecular weight excluding hydrogens is 984 g/mol. The molecule has 0 aliphatic carbocycles. The van der Waals surface area contributed by atoms with Crippen LogP contribution in [0.4, 0.5) is 0 Å². The topological polar surface area (TPSA) is 108 Å². The molecule has 0 aliphatic rings. The SMILES string of the molecule is CCCCCCC/C=C\C/C=C\CCCCCCCCCCCCCCCCCCCCCCCCCCCCCC(=O)NC(COP(=O)([O-])OCC[N+](C)(C)C)C(O)/C=C/CCCCCCCCCCCCCCCCC. The van der Waals surface area contributed by atoms with Gasteiger partial charge in [-0.3, -0.25) is 9.36 Å². The number of aliphatic hydroxyl groups is 1. The zero-order valence-electron chi connectivity index (χ0n) is 52.9. The Morgan fingerprint density at radius 2 is 0.744 bits per heavy atom. The summed E-state index contributed by atoms with van der Waals surface area (Å²) in [5, 5.41) is 13.9. The molecule has 0 saturated heterocycles. The number of allylic oxidation sites excluding steroid dienone is 5. The second-order valence-electron chi connectivity index (χ2n) is 24.9. The summed E-state index contributed by atoms with van der Waals surface area (Å²) in [6, 6.07) is -0.884. The first-order chi connectivity index (χ1) is 38.0. The van der Waals surface area contributed by atoms with Crippen LogP contribution in [-0.4, -0.2) is 68.5 Å². The molecule has 0 fully saturated rings. The summed E-state index contributed by atoms with van der Waals surface area (Å²) in [5.74, 6) is -0.190. The summed E-state index contributed by atoms with van der Waals surface area (Å²) in [7, 11) is 1.28. The van der Waals surface area contributed by atoms with Gasteiger partial charge in [-0.1, -0.05) is 326 Å². The van der Waals surface area contributed by atoms with Gasteiger partial charge in [-0.25, -0.2) is 0 Å². The molecule has 0 aromatic rings. The summed E-state index contributed by atoms with van der Waals surface area (Å²) in [5.41, 5.74) is 0. The number of hydrogen-bond donors (Lipinski definition) is 2. The van der Waals surface area contributed by atoms with Crippen molar-refractivity contribution in [3.63, 3.8) is 0 Å². The van der Waals surface area contributed by atoms with Crippen LogP contribution in [-0.2, 0) is 18.4 Å². The smallest absolute Gasteiger partial charge is 0.268 e. The van der Waals surface area contributed by atoms with E-state index in [2.05, 4.69) is 43.5 Å². The van der Waals surface area contributed by atoms with E-state index in [0.29, 0.717) is 17.4 Å². The lowest BCUT2D eigenvalue weighted by molar-refractivity contribution is -0.870. The average Bonchev–Trinajstić information content (AvgIpc) is 3.40. The number of hydrogen-bond acceptors (Lipinski definition) is 6. The van der Waals surface area contributed by atoms with Gasteiger partial charge in [0.25, 0.3) is 7.82 Å². The number of phosphoric ester groups is 1. The Balaban J connectivity index is 3.90. The molecule has 78 heavy (non-hydrogen) atoms. The van der Waals surface area contributed by atoms with Crippen LogP contribution in [0.1, 0.15) is 348 Å². The highest BCUT2D eigenvalue weighted by atomic mass is 31.2. The average molecular weight is 1120 g/mol. The first-order valence-corrected chi connectivity index (χ1v) is 35.8. The van der Waals surface area contributed by atoms with Crippen LogP contribution in [0.25, 0.3) is 0 Å². The maximum absolute atomic E-state index is 13.0. The molecule has 8 nitrogen and oxygen atoms in total. The fourth-order valence-electron chi connectivity index (χ4n) is 10.5. The number of rotatable bonds is 64. The molecule has 0 aromatic heterocycles. The minimum absolute atomic E-state index is 0.00153. The lowest BCUT2D eigenvalue weighted by Crippen LogP contribution is -2.45. The van der Waals surface area contributed by atoms with Crippen LogP contribution >= 0.6 is 7.82 Å². The fourth-order valence-corrected chi connectivity index (χ4v) is 11.2. The van der Waals surface area contributed by atoms with Gasteiger partial charge in [0.15, 0.2) is 0 Å². The molecule has 462 valence electrons. The maximum Gasteiger partial charge on any atom is 0.268 e. The molecule has 3 unspecified atom stereocenters.